The second kappa shape index (κ2) is 28.2. The Bertz CT molecular complexity index is 5140. The van der Waals surface area contributed by atoms with Crippen LogP contribution in [-0.4, -0.2) is 0 Å². The summed E-state index contributed by atoms with van der Waals surface area (Å²) < 4.78 is 0. The van der Waals surface area contributed by atoms with Crippen LogP contribution in [0, 0.1) is 0 Å². The first-order valence-corrected chi connectivity index (χ1v) is 38.1. The molecule has 0 spiro atoms. The van der Waals surface area contributed by atoms with Crippen molar-refractivity contribution in [1.82, 2.24) is 0 Å². The highest BCUT2D eigenvalue weighted by atomic mass is 15.2. The minimum atomic E-state index is -0.0929. The molecule has 0 aliphatic heterocycles. The van der Waals surface area contributed by atoms with Crippen molar-refractivity contribution in [3.05, 3.63) is 374 Å². The first kappa shape index (κ1) is 70.1. The number of anilines is 12. The van der Waals surface area contributed by atoms with E-state index in [-0.39, 0.29) is 21.7 Å². The molecule has 108 heavy (non-hydrogen) atoms. The highest BCUT2D eigenvalue weighted by Gasteiger charge is 2.33. The van der Waals surface area contributed by atoms with Gasteiger partial charge in [0.1, 0.15) is 0 Å². The van der Waals surface area contributed by atoms with Gasteiger partial charge in [-0.15, -0.1) is 0 Å². The Hall–Kier alpha value is -12.2. The van der Waals surface area contributed by atoms with E-state index in [1.54, 1.807) is 0 Å². The van der Waals surface area contributed by atoms with Crippen LogP contribution in [0.15, 0.2) is 352 Å². The summed E-state index contributed by atoms with van der Waals surface area (Å²) in [5, 5.41) is 6.70. The molecule has 0 heterocycles. The topological polar surface area (TPSA) is 13.0 Å². The van der Waals surface area contributed by atoms with Gasteiger partial charge in [0.05, 0.1) is 45.5 Å². The average Bonchev–Trinajstić information content (AvgIpc) is 0.697. The van der Waals surface area contributed by atoms with Crippen LogP contribution in [0.2, 0.25) is 0 Å². The molecule has 4 heteroatoms. The van der Waals surface area contributed by atoms with E-state index in [0.29, 0.717) is 0 Å². The van der Waals surface area contributed by atoms with Gasteiger partial charge < -0.3 is 19.6 Å². The largest absolute Gasteiger partial charge is 0.309 e. The van der Waals surface area contributed by atoms with Gasteiger partial charge >= 0.3 is 0 Å². The van der Waals surface area contributed by atoms with Gasteiger partial charge in [-0.2, -0.15) is 0 Å². The second-order valence-electron chi connectivity index (χ2n) is 33.0. The Kier molecular flexibility index (Phi) is 18.3. The second-order valence-corrected chi connectivity index (χ2v) is 33.0. The van der Waals surface area contributed by atoms with Crippen molar-refractivity contribution >= 4 is 101 Å². The monoisotopic (exact) mass is 1400 g/mol. The van der Waals surface area contributed by atoms with E-state index in [4.69, 9.17) is 0 Å². The van der Waals surface area contributed by atoms with Crippen molar-refractivity contribution in [1.29, 1.82) is 0 Å². The maximum Gasteiger partial charge on any atom is 0.0561 e. The molecular weight excluding hydrogens is 1310 g/mol. The molecule has 16 aromatic rings. The van der Waals surface area contributed by atoms with E-state index in [9.17, 15) is 0 Å². The highest BCUT2D eigenvalue weighted by Crippen LogP contribution is 2.58. The molecule has 0 amide bonds. The van der Waals surface area contributed by atoms with Gasteiger partial charge in [0.25, 0.3) is 0 Å². The van der Waals surface area contributed by atoms with Crippen molar-refractivity contribution in [2.75, 3.05) is 19.6 Å². The van der Waals surface area contributed by atoms with Gasteiger partial charge in [-0.3, -0.25) is 0 Å². The molecule has 0 aliphatic rings. The zero-order valence-corrected chi connectivity index (χ0v) is 64.3. The van der Waals surface area contributed by atoms with Crippen molar-refractivity contribution in [3.8, 4) is 44.5 Å². The molecule has 0 N–H and O–H groups in total. The van der Waals surface area contributed by atoms with Gasteiger partial charge in [0.15, 0.2) is 0 Å². The molecule has 0 radical (unpaired) electrons. The molecule has 4 nitrogen and oxygen atoms in total. The molecule has 0 aliphatic carbocycles. The maximum atomic E-state index is 2.56. The molecule has 0 aromatic heterocycles. The molecule has 0 atom stereocenters. The summed E-state index contributed by atoms with van der Waals surface area (Å²) in [6.45, 7) is 27.7. The van der Waals surface area contributed by atoms with Crippen LogP contribution in [0.1, 0.15) is 105 Å². The van der Waals surface area contributed by atoms with Crippen molar-refractivity contribution in [2.24, 2.45) is 0 Å². The Balaban J connectivity index is 1.13. The Morgan fingerprint density at radius 3 is 0.528 bits per heavy atom. The van der Waals surface area contributed by atoms with Gasteiger partial charge in [-0.05, 0) is 151 Å². The number of hydrogen-bond donors (Lipinski definition) is 0. The molecular formula is C104H94N4. The van der Waals surface area contributed by atoms with Gasteiger partial charge in [0, 0.05) is 77.3 Å². The third kappa shape index (κ3) is 13.4. The molecule has 0 fully saturated rings. The smallest absolute Gasteiger partial charge is 0.0561 e. The van der Waals surface area contributed by atoms with E-state index < -0.39 is 0 Å². The summed E-state index contributed by atoms with van der Waals surface area (Å²) in [5.74, 6) is 0. The zero-order valence-electron chi connectivity index (χ0n) is 64.3. The summed E-state index contributed by atoms with van der Waals surface area (Å²) in [4.78, 5) is 10.3. The number of para-hydroxylation sites is 4. The Labute approximate surface area is 639 Å². The molecule has 0 unspecified atom stereocenters. The third-order valence-electron chi connectivity index (χ3n) is 21.7. The van der Waals surface area contributed by atoms with Crippen LogP contribution in [0.25, 0.3) is 76.8 Å². The lowest BCUT2D eigenvalue weighted by molar-refractivity contribution is 0.590. The van der Waals surface area contributed by atoms with Crippen molar-refractivity contribution < 1.29 is 0 Å². The van der Waals surface area contributed by atoms with Crippen molar-refractivity contribution in [3.63, 3.8) is 0 Å². The fourth-order valence-corrected chi connectivity index (χ4v) is 15.9. The molecule has 0 bridgehead atoms. The molecule has 530 valence electrons. The average molecular weight is 1400 g/mol. The van der Waals surface area contributed by atoms with E-state index >= 15 is 0 Å². The standard InChI is InChI=1S/C104H94N4/c1-101(2,3)75-49-57-79(58-50-75)105(91-45-29-25-41-83(91)71-33-17-13-18-34-71)95-69-96(106(80-59-51-76(52-60-80)102(4,5)6)92-46-30-26-42-84(92)72-35-19-14-20-36-72)88-67-68-90-98(108(82-63-55-78(56-64-82)104(10,11)12)94-48-32-28-44-86(94)74-39-23-16-24-40-74)70-97(89-66-65-87(95)99(88)100(89)90)107(81-61-53-77(54-62-81)103(7,8)9)93-47-31-27-43-85(93)73-37-21-15-22-38-73/h13-70H,1-12H3. The fourth-order valence-electron chi connectivity index (χ4n) is 15.9. The zero-order chi connectivity index (χ0) is 74.6. The lowest BCUT2D eigenvalue weighted by Gasteiger charge is -2.36. The first-order valence-electron chi connectivity index (χ1n) is 38.1. The maximum absolute atomic E-state index is 2.56. The van der Waals surface area contributed by atoms with E-state index in [1.165, 1.54) is 22.3 Å². The third-order valence-corrected chi connectivity index (χ3v) is 21.7. The summed E-state index contributed by atoms with van der Waals surface area (Å²) in [6, 6.07) is 132. The summed E-state index contributed by atoms with van der Waals surface area (Å²) in [6.07, 6.45) is 0. The Morgan fingerprint density at radius 1 is 0.167 bits per heavy atom. The fraction of sp³-hybridized carbons (Fsp3) is 0.154. The number of hydrogen-bond acceptors (Lipinski definition) is 4. The normalized spacial score (nSPS) is 12.1. The summed E-state index contributed by atoms with van der Waals surface area (Å²) in [7, 11) is 0. The van der Waals surface area contributed by atoms with Crippen LogP contribution in [-0.2, 0) is 21.7 Å². The van der Waals surface area contributed by atoms with Gasteiger partial charge in [-0.1, -0.05) is 350 Å². The van der Waals surface area contributed by atoms with Crippen LogP contribution in [0.4, 0.5) is 68.2 Å². The number of benzene rings is 16. The molecule has 16 aromatic carbocycles. The minimum Gasteiger partial charge on any atom is -0.309 e. The van der Waals surface area contributed by atoms with Crippen molar-refractivity contribution in [2.45, 2.75) is 105 Å². The van der Waals surface area contributed by atoms with Gasteiger partial charge in [0.2, 0.25) is 0 Å². The highest BCUT2D eigenvalue weighted by molar-refractivity contribution is 6.33. The van der Waals surface area contributed by atoms with Crippen LogP contribution < -0.4 is 19.6 Å². The predicted octanol–water partition coefficient (Wildman–Crippen LogP) is 30.3. The molecule has 0 saturated heterocycles. The van der Waals surface area contributed by atoms with E-state index in [0.717, 1.165) is 145 Å². The minimum absolute atomic E-state index is 0.0929. The lowest BCUT2D eigenvalue weighted by atomic mass is 9.86. The predicted molar refractivity (Wildman–Crippen MR) is 465 cm³/mol. The summed E-state index contributed by atoms with van der Waals surface area (Å²) in [5.41, 5.74) is 26.2. The summed E-state index contributed by atoms with van der Waals surface area (Å²) >= 11 is 0. The number of nitrogens with zero attached hydrogens (tertiary/aromatic N) is 4. The van der Waals surface area contributed by atoms with Crippen LogP contribution in [0.3, 0.4) is 0 Å². The van der Waals surface area contributed by atoms with E-state index in [1.807, 2.05) is 0 Å². The molecule has 16 rings (SSSR count). The molecule has 0 saturated carbocycles. The van der Waals surface area contributed by atoms with Gasteiger partial charge in [-0.25, -0.2) is 0 Å². The van der Waals surface area contributed by atoms with Crippen LogP contribution in [0.5, 0.6) is 0 Å². The lowest BCUT2D eigenvalue weighted by Crippen LogP contribution is -2.18. The quantitative estimate of drug-likeness (QED) is 0.0894. The first-order chi connectivity index (χ1) is 52.2. The van der Waals surface area contributed by atoms with Crippen LogP contribution >= 0.6 is 0 Å². The SMILES string of the molecule is CC(C)(C)c1ccc(N(c2ccccc2-c2ccccc2)c2cc(N(c3ccc(C(C)(C)C)cc3)c3ccccc3-c3ccccc3)c3ccc4c(N(c5ccc(C(C)(C)C)cc5)c5ccccc5-c5ccccc5)cc(N(c5ccc(C(C)(C)C)cc5)c5ccccc5-c5ccccc5)c5ccc2c3c54)cc1. The Morgan fingerprint density at radius 2 is 0.343 bits per heavy atom. The number of rotatable bonds is 16. The van der Waals surface area contributed by atoms with E-state index in [2.05, 4.69) is 455 Å².